The second kappa shape index (κ2) is 7.01. The first-order valence-corrected chi connectivity index (χ1v) is 11.4. The lowest BCUT2D eigenvalue weighted by Gasteiger charge is -2.45. The zero-order valence-electron chi connectivity index (χ0n) is 15.6. The van der Waals surface area contributed by atoms with E-state index >= 15 is 0 Å². The molecule has 4 rings (SSSR count). The van der Waals surface area contributed by atoms with Gasteiger partial charge in [-0.05, 0) is 38.5 Å². The van der Waals surface area contributed by atoms with Crippen molar-refractivity contribution in [3.63, 3.8) is 0 Å². The van der Waals surface area contributed by atoms with Gasteiger partial charge < -0.3 is 14.6 Å². The van der Waals surface area contributed by atoms with Crippen molar-refractivity contribution in [2.75, 3.05) is 31.2 Å². The molecular formula is C18H26N4O4S. The van der Waals surface area contributed by atoms with Gasteiger partial charge in [-0.15, -0.1) is 0 Å². The Morgan fingerprint density at radius 2 is 2.15 bits per heavy atom. The van der Waals surface area contributed by atoms with E-state index in [0.29, 0.717) is 62.1 Å². The van der Waals surface area contributed by atoms with Crippen molar-refractivity contribution in [3.05, 3.63) is 17.7 Å². The SMILES string of the molecule is Cc1[nH]cnc1C(=O)N=S1(=O)CCC2(CC1)CN(C(=O)CC1CC1)CCO2. The zero-order valence-corrected chi connectivity index (χ0v) is 16.4. The largest absolute Gasteiger partial charge is 0.371 e. The zero-order chi connectivity index (χ0) is 19.1. The fraction of sp³-hybridized carbons (Fsp3) is 0.722. The Balaban J connectivity index is 1.42. The molecule has 148 valence electrons. The molecule has 0 unspecified atom stereocenters. The van der Waals surface area contributed by atoms with E-state index in [-0.39, 0.29) is 11.6 Å². The van der Waals surface area contributed by atoms with Crippen molar-refractivity contribution in [2.24, 2.45) is 10.3 Å². The van der Waals surface area contributed by atoms with Crippen LogP contribution >= 0.6 is 0 Å². The monoisotopic (exact) mass is 394 g/mol. The molecule has 1 aromatic heterocycles. The first kappa shape index (κ1) is 18.6. The van der Waals surface area contributed by atoms with Crippen LogP contribution in [0.5, 0.6) is 0 Å². The summed E-state index contributed by atoms with van der Waals surface area (Å²) >= 11 is 0. The maximum absolute atomic E-state index is 13.1. The smallest absolute Gasteiger partial charge is 0.305 e. The number of amides is 2. The van der Waals surface area contributed by atoms with Gasteiger partial charge in [0, 0.05) is 36.7 Å². The number of aromatic amines is 1. The number of carbonyl (C=O) groups is 2. The number of hydrogen-bond acceptors (Lipinski definition) is 5. The van der Waals surface area contributed by atoms with Crippen molar-refractivity contribution in [1.82, 2.24) is 14.9 Å². The van der Waals surface area contributed by atoms with E-state index in [1.807, 2.05) is 4.90 Å². The molecule has 1 saturated carbocycles. The summed E-state index contributed by atoms with van der Waals surface area (Å²) in [5, 5.41) is 0. The van der Waals surface area contributed by atoms with Gasteiger partial charge >= 0.3 is 5.91 Å². The van der Waals surface area contributed by atoms with E-state index < -0.39 is 21.2 Å². The van der Waals surface area contributed by atoms with E-state index in [9.17, 15) is 13.8 Å². The number of ether oxygens (including phenoxy) is 1. The highest BCUT2D eigenvalue weighted by Crippen LogP contribution is 2.35. The molecule has 0 atom stereocenters. The fourth-order valence-corrected chi connectivity index (χ4v) is 5.99. The number of nitrogens with zero attached hydrogens (tertiary/aromatic N) is 3. The highest BCUT2D eigenvalue weighted by molar-refractivity contribution is 7.93. The van der Waals surface area contributed by atoms with Gasteiger partial charge in [0.2, 0.25) is 5.91 Å². The van der Waals surface area contributed by atoms with Crippen LogP contribution in [0.25, 0.3) is 0 Å². The predicted octanol–water partition coefficient (Wildman–Crippen LogP) is 1.52. The number of H-pyrrole nitrogens is 1. The molecule has 1 aromatic rings. The molecule has 3 fully saturated rings. The number of aromatic nitrogens is 2. The number of hydrogen-bond donors (Lipinski definition) is 1. The van der Waals surface area contributed by atoms with Gasteiger partial charge in [0.1, 0.15) is 0 Å². The molecule has 1 aliphatic carbocycles. The van der Waals surface area contributed by atoms with Crippen LogP contribution < -0.4 is 0 Å². The molecule has 0 aromatic carbocycles. The summed E-state index contributed by atoms with van der Waals surface area (Å²) in [6.07, 6.45) is 5.50. The first-order chi connectivity index (χ1) is 12.9. The molecule has 8 nitrogen and oxygen atoms in total. The summed E-state index contributed by atoms with van der Waals surface area (Å²) in [5.41, 5.74) is 0.405. The molecule has 1 spiro atoms. The van der Waals surface area contributed by atoms with Gasteiger partial charge in [-0.3, -0.25) is 9.59 Å². The summed E-state index contributed by atoms with van der Waals surface area (Å²) in [6.45, 7) is 3.44. The second-order valence-electron chi connectivity index (χ2n) is 7.95. The summed E-state index contributed by atoms with van der Waals surface area (Å²) in [6, 6.07) is 0. The van der Waals surface area contributed by atoms with Crippen LogP contribution in [0.2, 0.25) is 0 Å². The van der Waals surface area contributed by atoms with Crippen LogP contribution in [0.3, 0.4) is 0 Å². The lowest BCUT2D eigenvalue weighted by Crippen LogP contribution is -2.56. The number of aryl methyl sites for hydroxylation is 1. The molecule has 0 radical (unpaired) electrons. The molecule has 27 heavy (non-hydrogen) atoms. The molecule has 1 N–H and O–H groups in total. The van der Waals surface area contributed by atoms with E-state index in [2.05, 4.69) is 14.3 Å². The highest BCUT2D eigenvalue weighted by Gasteiger charge is 2.43. The molecule has 9 heteroatoms. The third-order valence-corrected chi connectivity index (χ3v) is 7.98. The third-order valence-electron chi connectivity index (χ3n) is 5.80. The minimum atomic E-state index is -2.62. The summed E-state index contributed by atoms with van der Waals surface area (Å²) in [5.74, 6) is 0.872. The van der Waals surface area contributed by atoms with E-state index in [1.54, 1.807) is 6.92 Å². The summed E-state index contributed by atoms with van der Waals surface area (Å²) in [4.78, 5) is 33.5. The van der Waals surface area contributed by atoms with E-state index in [0.717, 1.165) is 12.8 Å². The Hall–Kier alpha value is -1.74. The quantitative estimate of drug-likeness (QED) is 0.837. The topological polar surface area (TPSA) is 105 Å². The maximum Gasteiger partial charge on any atom is 0.305 e. The average molecular weight is 394 g/mol. The van der Waals surface area contributed by atoms with Gasteiger partial charge in [-0.1, -0.05) is 0 Å². The second-order valence-corrected chi connectivity index (χ2v) is 10.5. The van der Waals surface area contributed by atoms with Crippen LogP contribution in [-0.4, -0.2) is 67.7 Å². The van der Waals surface area contributed by atoms with Crippen LogP contribution in [0.15, 0.2) is 10.7 Å². The van der Waals surface area contributed by atoms with Gasteiger partial charge in [-0.2, -0.15) is 4.36 Å². The van der Waals surface area contributed by atoms with Gasteiger partial charge in [0.15, 0.2) is 5.69 Å². The van der Waals surface area contributed by atoms with Crippen LogP contribution in [0.1, 0.15) is 48.3 Å². The Morgan fingerprint density at radius 3 is 2.78 bits per heavy atom. The number of carbonyl (C=O) groups excluding carboxylic acids is 2. The van der Waals surface area contributed by atoms with Crippen LogP contribution in [0, 0.1) is 12.8 Å². The minimum Gasteiger partial charge on any atom is -0.371 e. The minimum absolute atomic E-state index is 0.209. The number of rotatable bonds is 3. The maximum atomic E-state index is 13.1. The first-order valence-electron chi connectivity index (χ1n) is 9.57. The Labute approximate surface area is 159 Å². The van der Waals surface area contributed by atoms with Gasteiger partial charge in [0.25, 0.3) is 0 Å². The summed E-state index contributed by atoms with van der Waals surface area (Å²) in [7, 11) is -2.62. The highest BCUT2D eigenvalue weighted by atomic mass is 32.2. The third kappa shape index (κ3) is 4.08. The summed E-state index contributed by atoms with van der Waals surface area (Å²) < 4.78 is 23.1. The molecule has 2 amide bonds. The number of imidazole rings is 1. The molecule has 3 heterocycles. The van der Waals surface area contributed by atoms with Crippen molar-refractivity contribution >= 4 is 21.5 Å². The average Bonchev–Trinajstić information content (AvgIpc) is 3.35. The predicted molar refractivity (Wildman–Crippen MR) is 99.8 cm³/mol. The van der Waals surface area contributed by atoms with E-state index in [4.69, 9.17) is 4.74 Å². The van der Waals surface area contributed by atoms with Crippen molar-refractivity contribution in [3.8, 4) is 0 Å². The van der Waals surface area contributed by atoms with Crippen LogP contribution in [0.4, 0.5) is 0 Å². The normalized spacial score (nSPS) is 31.1. The number of nitrogens with one attached hydrogen (secondary N) is 1. The molecule has 2 saturated heterocycles. The Bertz CT molecular complexity index is 852. The van der Waals surface area contributed by atoms with Crippen molar-refractivity contribution in [1.29, 1.82) is 0 Å². The standard InChI is InChI=1S/C18H26N4O4S/c1-13-16(20-12-19-13)17(24)21-27(25)8-4-18(5-9-27)11-22(6-7-26-18)15(23)10-14-2-3-14/h12,14H,2-11H2,1H3,(H,19,20). The van der Waals surface area contributed by atoms with Gasteiger partial charge in [0.05, 0.1) is 28.3 Å². The Kier molecular flexibility index (Phi) is 4.84. The van der Waals surface area contributed by atoms with Gasteiger partial charge in [-0.25, -0.2) is 9.19 Å². The van der Waals surface area contributed by atoms with Crippen molar-refractivity contribution < 1.29 is 18.5 Å². The molecular weight excluding hydrogens is 368 g/mol. The Morgan fingerprint density at radius 1 is 1.41 bits per heavy atom. The molecule has 3 aliphatic rings. The molecule has 0 bridgehead atoms. The lowest BCUT2D eigenvalue weighted by molar-refractivity contribution is -0.152. The fourth-order valence-electron chi connectivity index (χ4n) is 3.84. The van der Waals surface area contributed by atoms with Crippen molar-refractivity contribution in [2.45, 2.75) is 44.6 Å². The number of morpholine rings is 1. The van der Waals surface area contributed by atoms with E-state index in [1.165, 1.54) is 6.33 Å². The lowest BCUT2D eigenvalue weighted by atomic mass is 9.94. The van der Waals surface area contributed by atoms with Crippen LogP contribution in [-0.2, 0) is 19.3 Å². The molecule has 2 aliphatic heterocycles.